The summed E-state index contributed by atoms with van der Waals surface area (Å²) in [7, 11) is 0. The number of benzene rings is 2. The first-order chi connectivity index (χ1) is 13.9. The second-order valence-corrected chi connectivity index (χ2v) is 8.25. The van der Waals surface area contributed by atoms with Crippen LogP contribution in [0.5, 0.6) is 0 Å². The highest BCUT2D eigenvalue weighted by molar-refractivity contribution is 7.98. The van der Waals surface area contributed by atoms with Crippen LogP contribution >= 0.6 is 35.0 Å². The van der Waals surface area contributed by atoms with Crippen molar-refractivity contribution in [1.29, 1.82) is 0 Å². The third kappa shape index (κ3) is 5.04. The molecule has 29 heavy (non-hydrogen) atoms. The molecule has 0 saturated heterocycles. The molecule has 152 valence electrons. The zero-order chi connectivity index (χ0) is 21.0. The molecule has 0 aliphatic rings. The molecule has 0 bridgehead atoms. The Morgan fingerprint density at radius 1 is 1.24 bits per heavy atom. The zero-order valence-electron chi connectivity index (χ0n) is 16.0. The summed E-state index contributed by atoms with van der Waals surface area (Å²) in [5.41, 5.74) is 8.61. The molecule has 1 amide bonds. The van der Waals surface area contributed by atoms with Crippen LogP contribution in [0.2, 0.25) is 10.0 Å². The van der Waals surface area contributed by atoms with Crippen molar-refractivity contribution >= 4 is 52.5 Å². The maximum absolute atomic E-state index is 13.0. The van der Waals surface area contributed by atoms with Gasteiger partial charge in [-0.2, -0.15) is 0 Å². The summed E-state index contributed by atoms with van der Waals surface area (Å²) in [6, 6.07) is 12.4. The molecular formula is C20H21Cl2N5OS. The highest BCUT2D eigenvalue weighted by Crippen LogP contribution is 2.30. The van der Waals surface area contributed by atoms with E-state index in [0.717, 1.165) is 11.1 Å². The summed E-state index contributed by atoms with van der Waals surface area (Å²) in [6.07, 6.45) is 0.521. The molecule has 1 atom stereocenters. The Morgan fingerprint density at radius 3 is 2.72 bits per heavy atom. The number of carbonyl (C=O) groups is 1. The van der Waals surface area contributed by atoms with Crippen molar-refractivity contribution in [3.8, 4) is 0 Å². The Labute approximate surface area is 183 Å². The lowest BCUT2D eigenvalue weighted by molar-refractivity contribution is -0.119. The van der Waals surface area contributed by atoms with E-state index in [1.54, 1.807) is 16.7 Å². The molecule has 0 spiro atoms. The Kier molecular flexibility index (Phi) is 7.05. The fourth-order valence-electron chi connectivity index (χ4n) is 2.87. The van der Waals surface area contributed by atoms with Gasteiger partial charge >= 0.3 is 0 Å². The first-order valence-corrected chi connectivity index (χ1v) is 10.8. The van der Waals surface area contributed by atoms with Crippen molar-refractivity contribution in [3.05, 3.63) is 63.6 Å². The number of anilines is 2. The van der Waals surface area contributed by atoms with Gasteiger partial charge in [0.2, 0.25) is 11.9 Å². The number of nitrogen functional groups attached to an aromatic ring is 1. The van der Waals surface area contributed by atoms with E-state index in [-0.39, 0.29) is 11.9 Å². The number of rotatable bonds is 7. The summed E-state index contributed by atoms with van der Waals surface area (Å²) in [4.78, 5) is 13.0. The van der Waals surface area contributed by atoms with Crippen LogP contribution in [-0.4, -0.2) is 20.7 Å². The Hall–Kier alpha value is -2.22. The van der Waals surface area contributed by atoms with E-state index in [4.69, 9.17) is 28.9 Å². The molecule has 0 aliphatic heterocycles. The maximum atomic E-state index is 13.0. The van der Waals surface area contributed by atoms with E-state index in [1.807, 2.05) is 44.2 Å². The van der Waals surface area contributed by atoms with Gasteiger partial charge in [-0.25, -0.2) is 0 Å². The summed E-state index contributed by atoms with van der Waals surface area (Å²) < 4.78 is 1.66. The number of nitrogens with one attached hydrogen (secondary N) is 1. The lowest BCUT2D eigenvalue weighted by atomic mass is 10.1. The van der Waals surface area contributed by atoms with Crippen LogP contribution in [0.4, 0.5) is 11.6 Å². The molecule has 0 saturated carbocycles. The molecule has 2 aromatic carbocycles. The van der Waals surface area contributed by atoms with Gasteiger partial charge in [-0.3, -0.25) is 9.36 Å². The monoisotopic (exact) mass is 449 g/mol. The topological polar surface area (TPSA) is 85.8 Å². The molecule has 6 nitrogen and oxygen atoms in total. The van der Waals surface area contributed by atoms with Crippen molar-refractivity contribution in [1.82, 2.24) is 14.8 Å². The van der Waals surface area contributed by atoms with E-state index >= 15 is 0 Å². The summed E-state index contributed by atoms with van der Waals surface area (Å²) in [5, 5.41) is 12.9. The highest BCUT2D eigenvalue weighted by atomic mass is 35.5. The van der Waals surface area contributed by atoms with Gasteiger partial charge in [0.05, 0.1) is 0 Å². The van der Waals surface area contributed by atoms with E-state index in [1.165, 1.54) is 11.8 Å². The van der Waals surface area contributed by atoms with Crippen LogP contribution in [0.1, 0.15) is 30.5 Å². The van der Waals surface area contributed by atoms with Crippen LogP contribution in [0.15, 0.2) is 47.6 Å². The van der Waals surface area contributed by atoms with Crippen LogP contribution in [0.3, 0.4) is 0 Å². The average Bonchev–Trinajstić information content (AvgIpc) is 3.05. The lowest BCUT2D eigenvalue weighted by Crippen LogP contribution is -2.27. The van der Waals surface area contributed by atoms with Gasteiger partial charge in [0.1, 0.15) is 6.04 Å². The largest absolute Gasteiger partial charge is 0.368 e. The Morgan fingerprint density at radius 2 is 2.00 bits per heavy atom. The predicted octanol–water partition coefficient (Wildman–Crippen LogP) is 5.36. The average molecular weight is 450 g/mol. The normalized spacial score (nSPS) is 12.0. The van der Waals surface area contributed by atoms with Gasteiger partial charge in [-0.1, -0.05) is 66.2 Å². The van der Waals surface area contributed by atoms with Crippen LogP contribution < -0.4 is 11.1 Å². The fourth-order valence-corrected chi connectivity index (χ4v) is 4.32. The number of nitrogens with two attached hydrogens (primary N) is 1. The molecule has 1 unspecified atom stereocenters. The number of halogens is 2. The number of aromatic nitrogens is 3. The molecule has 3 aromatic rings. The number of amides is 1. The zero-order valence-corrected chi connectivity index (χ0v) is 18.4. The molecule has 1 aromatic heterocycles. The van der Waals surface area contributed by atoms with Crippen LogP contribution in [0, 0.1) is 6.92 Å². The number of hydrogen-bond donors (Lipinski definition) is 2. The first-order valence-electron chi connectivity index (χ1n) is 9.04. The molecule has 0 radical (unpaired) electrons. The van der Waals surface area contributed by atoms with Crippen molar-refractivity contribution in [2.24, 2.45) is 0 Å². The number of nitrogens with zero attached hydrogens (tertiary/aromatic N) is 3. The third-order valence-electron chi connectivity index (χ3n) is 4.46. The second kappa shape index (κ2) is 9.52. The summed E-state index contributed by atoms with van der Waals surface area (Å²) >= 11 is 13.7. The molecule has 3 N–H and O–H groups in total. The van der Waals surface area contributed by atoms with Crippen LogP contribution in [0.25, 0.3) is 0 Å². The van der Waals surface area contributed by atoms with E-state index in [9.17, 15) is 4.79 Å². The molecule has 9 heteroatoms. The second-order valence-electron chi connectivity index (χ2n) is 6.46. The smallest absolute Gasteiger partial charge is 0.247 e. The molecule has 1 heterocycles. The van der Waals surface area contributed by atoms with Crippen LogP contribution in [-0.2, 0) is 10.5 Å². The van der Waals surface area contributed by atoms with E-state index in [0.29, 0.717) is 33.1 Å². The van der Waals surface area contributed by atoms with Gasteiger partial charge in [0.25, 0.3) is 0 Å². The molecule has 0 fully saturated rings. The lowest BCUT2D eigenvalue weighted by Gasteiger charge is -2.20. The minimum absolute atomic E-state index is 0.191. The third-order valence-corrected chi connectivity index (χ3v) is 6.06. The quantitative estimate of drug-likeness (QED) is 0.474. The molecule has 0 aliphatic carbocycles. The Balaban J connectivity index is 1.82. The highest BCUT2D eigenvalue weighted by Gasteiger charge is 2.25. The number of hydrogen-bond acceptors (Lipinski definition) is 5. The summed E-state index contributed by atoms with van der Waals surface area (Å²) in [6.45, 7) is 3.82. The molecular weight excluding hydrogens is 429 g/mol. The van der Waals surface area contributed by atoms with Crippen molar-refractivity contribution in [2.75, 3.05) is 11.1 Å². The van der Waals surface area contributed by atoms with Crippen molar-refractivity contribution in [2.45, 2.75) is 37.2 Å². The number of thioether (sulfide) groups is 1. The first kappa shape index (κ1) is 21.5. The van der Waals surface area contributed by atoms with Crippen molar-refractivity contribution in [3.63, 3.8) is 0 Å². The van der Waals surface area contributed by atoms with Gasteiger partial charge < -0.3 is 11.1 Å². The van der Waals surface area contributed by atoms with Crippen molar-refractivity contribution < 1.29 is 4.79 Å². The van der Waals surface area contributed by atoms with Gasteiger partial charge in [0.15, 0.2) is 5.16 Å². The molecule has 3 rings (SSSR count). The summed E-state index contributed by atoms with van der Waals surface area (Å²) in [5.74, 6) is 0.573. The van der Waals surface area contributed by atoms with Gasteiger partial charge in [-0.05, 0) is 42.7 Å². The number of aryl methyl sites for hydroxylation is 1. The van der Waals surface area contributed by atoms with Gasteiger partial charge in [-0.15, -0.1) is 10.2 Å². The number of carbonyl (C=O) groups excluding carboxylic acids is 1. The minimum atomic E-state index is -0.558. The minimum Gasteiger partial charge on any atom is -0.368 e. The van der Waals surface area contributed by atoms with E-state index in [2.05, 4.69) is 15.5 Å². The SMILES string of the molecule is CCC(C(=O)Nc1cc(Cl)ccc1C)n1c(N)nnc1SCc1ccccc1Cl. The standard InChI is InChI=1S/C20H21Cl2N5OS/c1-3-17(18(28)24-16-10-14(21)9-8-12(16)2)27-19(23)25-26-20(27)29-11-13-6-4-5-7-15(13)22/h4-10,17H,3,11H2,1-2H3,(H2,23,25)(H,24,28). The van der Waals surface area contributed by atoms with E-state index < -0.39 is 6.04 Å². The Bertz CT molecular complexity index is 1020. The predicted molar refractivity (Wildman–Crippen MR) is 120 cm³/mol. The maximum Gasteiger partial charge on any atom is 0.247 e. The fraction of sp³-hybridized carbons (Fsp3) is 0.250. The van der Waals surface area contributed by atoms with Gasteiger partial charge in [0, 0.05) is 21.5 Å².